The molecule has 0 aliphatic carbocycles. The van der Waals surface area contributed by atoms with Crippen molar-refractivity contribution in [3.05, 3.63) is 53.4 Å². The van der Waals surface area contributed by atoms with Crippen LogP contribution in [0.25, 0.3) is 11.1 Å². The molecule has 8 heteroatoms. The summed E-state index contributed by atoms with van der Waals surface area (Å²) in [7, 11) is -2.87. The van der Waals surface area contributed by atoms with Gasteiger partial charge in [-0.1, -0.05) is 24.3 Å². The monoisotopic (exact) mass is 376 g/mol. The first-order valence-corrected chi connectivity index (χ1v) is 9.98. The second kappa shape index (κ2) is 7.63. The molecule has 2 aromatic rings. The molecule has 0 aliphatic heterocycles. The van der Waals surface area contributed by atoms with E-state index in [4.69, 9.17) is 8.85 Å². The van der Waals surface area contributed by atoms with Crippen LogP contribution in [0.15, 0.2) is 24.3 Å². The van der Waals surface area contributed by atoms with Crippen molar-refractivity contribution < 1.29 is 30.8 Å². The number of benzene rings is 2. The van der Waals surface area contributed by atoms with Gasteiger partial charge in [-0.25, -0.2) is 22.0 Å². The molecule has 0 saturated heterocycles. The van der Waals surface area contributed by atoms with Gasteiger partial charge in [0.1, 0.15) is 0 Å². The lowest BCUT2D eigenvalue weighted by Crippen LogP contribution is -2.51. The largest absolute Gasteiger partial charge is 0.391 e. The van der Waals surface area contributed by atoms with Gasteiger partial charge in [0.05, 0.1) is 5.56 Å². The Morgan fingerprint density at radius 2 is 1.28 bits per heavy atom. The Hall–Kier alpha value is -1.77. The predicted octanol–water partition coefficient (Wildman–Crippen LogP) is 4.40. The predicted molar refractivity (Wildman–Crippen MR) is 86.2 cm³/mol. The second-order valence-corrected chi connectivity index (χ2v) is 8.38. The van der Waals surface area contributed by atoms with E-state index in [2.05, 4.69) is 0 Å². The third-order valence-electron chi connectivity index (χ3n) is 3.72. The highest BCUT2D eigenvalue weighted by molar-refractivity contribution is 6.80. The Labute approximate surface area is 143 Å². The van der Waals surface area contributed by atoms with Crippen LogP contribution in [0.4, 0.5) is 22.0 Å². The lowest BCUT2D eigenvalue weighted by molar-refractivity contribution is 0.202. The van der Waals surface area contributed by atoms with Gasteiger partial charge in [-0.15, -0.1) is 0 Å². The van der Waals surface area contributed by atoms with E-state index in [9.17, 15) is 22.0 Å². The van der Waals surface area contributed by atoms with Crippen LogP contribution >= 0.6 is 0 Å². The highest BCUT2D eigenvalue weighted by Crippen LogP contribution is 2.31. The Balaban J connectivity index is 2.64. The maximum Gasteiger partial charge on any atom is 0.369 e. The van der Waals surface area contributed by atoms with Gasteiger partial charge in [0, 0.05) is 13.2 Å². The van der Waals surface area contributed by atoms with E-state index in [1.54, 1.807) is 26.5 Å². The molecule has 0 saturated carbocycles. The molecule has 0 aliphatic rings. The summed E-state index contributed by atoms with van der Waals surface area (Å²) in [6, 6.07) is 5.73. The highest BCUT2D eigenvalue weighted by atomic mass is 28.4. The van der Waals surface area contributed by atoms with E-state index in [1.807, 2.05) is 0 Å². The highest BCUT2D eigenvalue weighted by Gasteiger charge is 2.34. The average Bonchev–Trinajstić information content (AvgIpc) is 2.59. The van der Waals surface area contributed by atoms with Crippen LogP contribution in [0.1, 0.15) is 13.8 Å². The molecule has 0 unspecified atom stereocenters. The molecule has 0 spiro atoms. The molecule has 0 heterocycles. The van der Waals surface area contributed by atoms with Crippen LogP contribution in [0.5, 0.6) is 0 Å². The summed E-state index contributed by atoms with van der Waals surface area (Å²) in [4.78, 5) is 0. The molecule has 0 radical (unpaired) electrons. The van der Waals surface area contributed by atoms with Crippen molar-refractivity contribution >= 4 is 13.7 Å². The van der Waals surface area contributed by atoms with Crippen molar-refractivity contribution in [2.45, 2.75) is 20.4 Å². The number of hydrogen-bond acceptors (Lipinski definition) is 2. The molecule has 2 rings (SSSR count). The van der Waals surface area contributed by atoms with Gasteiger partial charge < -0.3 is 8.85 Å². The third-order valence-corrected chi connectivity index (χ3v) is 6.76. The van der Waals surface area contributed by atoms with E-state index in [0.717, 1.165) is 0 Å². The molecule has 0 N–H and O–H groups in total. The maximum absolute atomic E-state index is 14.0. The summed E-state index contributed by atoms with van der Waals surface area (Å²) in [6.07, 6.45) is 0. The van der Waals surface area contributed by atoms with Crippen LogP contribution in [0.3, 0.4) is 0 Å². The lowest BCUT2D eigenvalue weighted by atomic mass is 10.0. The second-order valence-electron chi connectivity index (χ2n) is 5.34. The van der Waals surface area contributed by atoms with E-state index in [0.29, 0.717) is 18.4 Å². The first-order chi connectivity index (χ1) is 11.8. The first-order valence-electron chi connectivity index (χ1n) is 7.67. The molecule has 2 nitrogen and oxygen atoms in total. The number of rotatable bonds is 6. The fourth-order valence-corrected chi connectivity index (χ4v) is 4.91. The molecule has 0 fully saturated rings. The molecule has 0 atom stereocenters. The smallest absolute Gasteiger partial charge is 0.369 e. The van der Waals surface area contributed by atoms with Crippen LogP contribution in [0, 0.1) is 29.1 Å². The first kappa shape index (κ1) is 19.6. The van der Waals surface area contributed by atoms with Gasteiger partial charge in [0.15, 0.2) is 23.3 Å². The Kier molecular flexibility index (Phi) is 5.97. The fourth-order valence-electron chi connectivity index (χ4n) is 2.57. The zero-order chi connectivity index (χ0) is 18.8. The maximum atomic E-state index is 14.0. The topological polar surface area (TPSA) is 18.5 Å². The SMILES string of the molecule is CCO[Si](C)(OCC)c1cccc(-c2c(F)c(F)c(F)c(F)c2F)c1. The Morgan fingerprint density at radius 1 is 0.800 bits per heavy atom. The average molecular weight is 376 g/mol. The van der Waals surface area contributed by atoms with Crippen LogP contribution in [0.2, 0.25) is 6.55 Å². The number of halogens is 5. The van der Waals surface area contributed by atoms with Gasteiger partial charge >= 0.3 is 8.56 Å². The minimum Gasteiger partial charge on any atom is -0.391 e. The minimum atomic E-state index is -2.87. The van der Waals surface area contributed by atoms with Crippen molar-refractivity contribution in [2.75, 3.05) is 13.2 Å². The van der Waals surface area contributed by atoms with Gasteiger partial charge in [-0.05, 0) is 31.1 Å². The summed E-state index contributed by atoms with van der Waals surface area (Å²) in [5.41, 5.74) is -1.11. The molecular formula is C17H17F5O2Si. The summed E-state index contributed by atoms with van der Waals surface area (Å²) in [5, 5.41) is 0.526. The molecule has 25 heavy (non-hydrogen) atoms. The van der Waals surface area contributed by atoms with E-state index < -0.39 is 43.2 Å². The van der Waals surface area contributed by atoms with E-state index in [-0.39, 0.29) is 5.56 Å². The molecule has 0 aromatic heterocycles. The molecule has 0 bridgehead atoms. The van der Waals surface area contributed by atoms with E-state index in [1.165, 1.54) is 18.2 Å². The summed E-state index contributed by atoms with van der Waals surface area (Å²) in [6.45, 7) is 6.01. The molecular weight excluding hydrogens is 359 g/mol. The van der Waals surface area contributed by atoms with Gasteiger partial charge in [0.2, 0.25) is 5.82 Å². The number of hydrogen-bond donors (Lipinski definition) is 0. The van der Waals surface area contributed by atoms with Crippen LogP contribution in [-0.4, -0.2) is 21.8 Å². The molecule has 136 valence electrons. The Bertz CT molecular complexity index is 747. The summed E-state index contributed by atoms with van der Waals surface area (Å²) < 4.78 is 79.6. The van der Waals surface area contributed by atoms with Crippen molar-refractivity contribution in [1.82, 2.24) is 0 Å². The van der Waals surface area contributed by atoms with Gasteiger partial charge in [-0.2, -0.15) is 0 Å². The van der Waals surface area contributed by atoms with Crippen LogP contribution < -0.4 is 5.19 Å². The van der Waals surface area contributed by atoms with Crippen molar-refractivity contribution in [1.29, 1.82) is 0 Å². The standard InChI is InChI=1S/C17H17F5O2Si/c1-4-23-25(3,24-5-2)11-8-6-7-10(9-11)12-13(18)15(20)17(22)16(21)14(12)19/h6-9H,4-5H2,1-3H3. The van der Waals surface area contributed by atoms with Crippen molar-refractivity contribution in [2.24, 2.45) is 0 Å². The fraction of sp³-hybridized carbons (Fsp3) is 0.294. The minimum absolute atomic E-state index is 0.136. The van der Waals surface area contributed by atoms with Gasteiger partial charge in [0.25, 0.3) is 0 Å². The normalized spacial score (nSPS) is 11.8. The van der Waals surface area contributed by atoms with E-state index >= 15 is 0 Å². The van der Waals surface area contributed by atoms with Crippen LogP contribution in [-0.2, 0) is 8.85 Å². The molecule has 2 aromatic carbocycles. The molecule has 0 amide bonds. The van der Waals surface area contributed by atoms with Crippen molar-refractivity contribution in [3.63, 3.8) is 0 Å². The lowest BCUT2D eigenvalue weighted by Gasteiger charge is -2.26. The summed E-state index contributed by atoms with van der Waals surface area (Å²) >= 11 is 0. The zero-order valence-corrected chi connectivity index (χ0v) is 14.9. The summed E-state index contributed by atoms with van der Waals surface area (Å²) in [5.74, 6) is -9.88. The quantitative estimate of drug-likeness (QED) is 0.322. The third kappa shape index (κ3) is 3.60. The van der Waals surface area contributed by atoms with Crippen molar-refractivity contribution in [3.8, 4) is 11.1 Å². The Morgan fingerprint density at radius 3 is 1.76 bits per heavy atom. The zero-order valence-electron chi connectivity index (χ0n) is 13.9. The van der Waals surface area contributed by atoms with Gasteiger partial charge in [-0.3, -0.25) is 0 Å².